The molecule has 0 aliphatic carbocycles. The van der Waals surface area contributed by atoms with Gasteiger partial charge >= 0.3 is 0 Å². The van der Waals surface area contributed by atoms with Crippen molar-refractivity contribution in [3.8, 4) is 0 Å². The smallest absolute Gasteiger partial charge is 0.207 e. The summed E-state index contributed by atoms with van der Waals surface area (Å²) in [6, 6.07) is 0. The number of hydrogen-bond donors (Lipinski definition) is 2. The van der Waals surface area contributed by atoms with Gasteiger partial charge in [0, 0.05) is 3.50 Å². The van der Waals surface area contributed by atoms with E-state index in [-0.39, 0.29) is 10.1 Å². The van der Waals surface area contributed by atoms with E-state index in [1.54, 1.807) is 13.8 Å². The third-order valence-electron chi connectivity index (χ3n) is 1.90. The Balaban J connectivity index is 4.25. The summed E-state index contributed by atoms with van der Waals surface area (Å²) in [5.41, 5.74) is -1.10. The molecule has 0 saturated carbocycles. The largest absolute Gasteiger partial charge is 0.394 e. The van der Waals surface area contributed by atoms with Gasteiger partial charge in [0.05, 0.1) is 35.6 Å². The Hall–Kier alpha value is 0.460. The lowest BCUT2D eigenvalue weighted by atomic mass is 10.1. The van der Waals surface area contributed by atoms with E-state index in [1.165, 1.54) is 22.9 Å². The topological polar surface area (TPSA) is 62.2 Å². The zero-order chi connectivity index (χ0) is 12.1. The summed E-state index contributed by atoms with van der Waals surface area (Å²) in [7, 11) is 0. The van der Waals surface area contributed by atoms with Gasteiger partial charge in [-0.1, -0.05) is 11.4 Å². The van der Waals surface area contributed by atoms with Crippen LogP contribution in [0.4, 0.5) is 4.48 Å². The highest BCUT2D eigenvalue weighted by Crippen LogP contribution is 2.21. The van der Waals surface area contributed by atoms with E-state index in [9.17, 15) is 9.59 Å². The minimum absolute atomic E-state index is 0.118. The molecule has 0 aromatic heterocycles. The SMILES string of the molecule is CCC(CO)OC(C)(C)[C@@H](O)ON(F)I. The second-order valence-corrected chi connectivity index (χ2v) is 4.35. The molecular formula is C8H17FINO4. The fraction of sp³-hybridized carbons (Fsp3) is 1.00. The van der Waals surface area contributed by atoms with E-state index in [1.807, 2.05) is 6.92 Å². The van der Waals surface area contributed by atoms with E-state index < -0.39 is 18.0 Å². The van der Waals surface area contributed by atoms with Crippen LogP contribution in [0.25, 0.3) is 0 Å². The third kappa shape index (κ3) is 5.93. The molecule has 0 aliphatic rings. The van der Waals surface area contributed by atoms with Crippen molar-refractivity contribution >= 4 is 22.9 Å². The van der Waals surface area contributed by atoms with Crippen molar-refractivity contribution in [2.45, 2.75) is 45.2 Å². The first-order chi connectivity index (χ1) is 6.83. The van der Waals surface area contributed by atoms with Crippen molar-refractivity contribution < 1.29 is 24.3 Å². The van der Waals surface area contributed by atoms with E-state index in [0.29, 0.717) is 6.42 Å². The lowest BCUT2D eigenvalue weighted by molar-refractivity contribution is -0.327. The molecule has 2 atom stereocenters. The van der Waals surface area contributed by atoms with Gasteiger partial charge in [-0.25, -0.2) is 4.84 Å². The standard InChI is InChI=1S/C8H17FINO4/c1-4-6(5-12)14-8(2,3)7(13)15-11(9)10/h6-7,12-13H,4-5H2,1-3H3/t6?,7-/m0/s1. The Bertz CT molecular complexity index is 178. The number of rotatable bonds is 7. The summed E-state index contributed by atoms with van der Waals surface area (Å²) in [4.78, 5) is 4.41. The van der Waals surface area contributed by atoms with Crippen molar-refractivity contribution in [2.24, 2.45) is 0 Å². The maximum Gasteiger partial charge on any atom is 0.207 e. The van der Waals surface area contributed by atoms with Crippen molar-refractivity contribution in [3.05, 3.63) is 0 Å². The Morgan fingerprint density at radius 3 is 2.40 bits per heavy atom. The van der Waals surface area contributed by atoms with Gasteiger partial charge in [0.15, 0.2) is 0 Å². The Morgan fingerprint density at radius 2 is 2.07 bits per heavy atom. The molecule has 0 aromatic carbocycles. The quantitative estimate of drug-likeness (QED) is 0.318. The maximum atomic E-state index is 12.3. The molecule has 7 heteroatoms. The van der Waals surface area contributed by atoms with Gasteiger partial charge in [-0.2, -0.15) is 0 Å². The second kappa shape index (κ2) is 6.92. The van der Waals surface area contributed by atoms with Crippen LogP contribution in [0.1, 0.15) is 27.2 Å². The molecule has 1 unspecified atom stereocenters. The van der Waals surface area contributed by atoms with E-state index in [0.717, 1.165) is 0 Å². The fourth-order valence-corrected chi connectivity index (χ4v) is 1.16. The summed E-state index contributed by atoms with van der Waals surface area (Å²) in [5, 5.41) is 18.4. The number of aliphatic hydroxyl groups excluding tert-OH is 2. The zero-order valence-corrected chi connectivity index (χ0v) is 11.1. The normalized spacial score (nSPS) is 16.8. The first-order valence-corrected chi connectivity index (χ1v) is 5.55. The highest BCUT2D eigenvalue weighted by atomic mass is 127. The molecule has 0 amide bonds. The van der Waals surface area contributed by atoms with Gasteiger partial charge in [-0.3, -0.25) is 0 Å². The monoisotopic (exact) mass is 337 g/mol. The van der Waals surface area contributed by atoms with Gasteiger partial charge in [-0.15, -0.1) is 0 Å². The number of hydrogen-bond acceptors (Lipinski definition) is 5. The Labute approximate surface area is 103 Å². The summed E-state index contributed by atoms with van der Waals surface area (Å²) < 4.78 is 17.6. The van der Waals surface area contributed by atoms with Crippen LogP contribution in [0.15, 0.2) is 0 Å². The summed E-state index contributed by atoms with van der Waals surface area (Å²) in [5.74, 6) is 0. The minimum atomic E-state index is -1.44. The molecule has 0 rings (SSSR count). The van der Waals surface area contributed by atoms with Crippen molar-refractivity contribution in [3.63, 3.8) is 0 Å². The molecule has 0 radical (unpaired) electrons. The average molecular weight is 337 g/mol. The van der Waals surface area contributed by atoms with Crippen molar-refractivity contribution in [1.82, 2.24) is 3.50 Å². The number of halogens is 2. The molecule has 0 bridgehead atoms. The third-order valence-corrected chi connectivity index (χ3v) is 2.13. The van der Waals surface area contributed by atoms with E-state index >= 15 is 0 Å². The highest BCUT2D eigenvalue weighted by molar-refractivity contribution is 14.1. The molecule has 92 valence electrons. The van der Waals surface area contributed by atoms with Gasteiger partial charge < -0.3 is 14.9 Å². The number of nitrogens with zero attached hydrogens (tertiary/aromatic N) is 1. The predicted molar refractivity (Wildman–Crippen MR) is 60.4 cm³/mol. The van der Waals surface area contributed by atoms with E-state index in [2.05, 4.69) is 4.84 Å². The molecule has 2 N–H and O–H groups in total. The first-order valence-electron chi connectivity index (χ1n) is 4.58. The van der Waals surface area contributed by atoms with Crippen molar-refractivity contribution in [2.75, 3.05) is 6.61 Å². The second-order valence-electron chi connectivity index (χ2n) is 3.59. The predicted octanol–water partition coefficient (Wildman–Crippen LogP) is 1.34. The molecule has 5 nitrogen and oxygen atoms in total. The number of ether oxygens (including phenoxy) is 1. The van der Waals surface area contributed by atoms with E-state index in [4.69, 9.17) is 9.84 Å². The average Bonchev–Trinajstić information content (AvgIpc) is 2.13. The molecule has 0 spiro atoms. The minimum Gasteiger partial charge on any atom is -0.394 e. The van der Waals surface area contributed by atoms with Crippen molar-refractivity contribution in [1.29, 1.82) is 0 Å². The molecule has 0 aromatic rings. The maximum absolute atomic E-state index is 12.3. The molecule has 0 saturated heterocycles. The van der Waals surface area contributed by atoms with Crippen LogP contribution in [0.3, 0.4) is 0 Å². The highest BCUT2D eigenvalue weighted by Gasteiger charge is 2.33. The molecule has 0 fully saturated rings. The summed E-state index contributed by atoms with van der Waals surface area (Å²) in [6.45, 7) is 4.78. The van der Waals surface area contributed by atoms with Gasteiger partial charge in [0.25, 0.3) is 0 Å². The Morgan fingerprint density at radius 1 is 1.53 bits per heavy atom. The van der Waals surface area contributed by atoms with Gasteiger partial charge in [-0.05, 0) is 20.3 Å². The van der Waals surface area contributed by atoms with Crippen LogP contribution >= 0.6 is 22.9 Å². The number of aliphatic hydroxyl groups is 2. The molecule has 15 heavy (non-hydrogen) atoms. The zero-order valence-electron chi connectivity index (χ0n) is 8.98. The summed E-state index contributed by atoms with van der Waals surface area (Å²) >= 11 is 1.23. The van der Waals surface area contributed by atoms with Crippen LogP contribution in [-0.2, 0) is 9.57 Å². The van der Waals surface area contributed by atoms with Crippen LogP contribution in [0, 0.1) is 0 Å². The molecular weight excluding hydrogens is 320 g/mol. The molecule has 0 heterocycles. The molecule has 0 aliphatic heterocycles. The van der Waals surface area contributed by atoms with Gasteiger partial charge in [0.1, 0.15) is 5.60 Å². The van der Waals surface area contributed by atoms with Crippen LogP contribution < -0.4 is 0 Å². The van der Waals surface area contributed by atoms with Crippen LogP contribution in [0.2, 0.25) is 0 Å². The lowest BCUT2D eigenvalue weighted by Gasteiger charge is -2.33. The first kappa shape index (κ1) is 15.5. The lowest BCUT2D eigenvalue weighted by Crippen LogP contribution is -2.45. The van der Waals surface area contributed by atoms with Crippen LogP contribution in [0.5, 0.6) is 0 Å². The van der Waals surface area contributed by atoms with Crippen LogP contribution in [-0.4, -0.2) is 38.3 Å². The fourth-order valence-electron chi connectivity index (χ4n) is 0.940. The Kier molecular flexibility index (Phi) is 7.13. The summed E-state index contributed by atoms with van der Waals surface area (Å²) in [6.07, 6.45) is -1.25. The van der Waals surface area contributed by atoms with Gasteiger partial charge in [0.2, 0.25) is 6.29 Å².